The molecule has 2 aliphatic heterocycles. The molecule has 4 rings (SSSR count). The first-order valence-electron chi connectivity index (χ1n) is 14.1. The minimum absolute atomic E-state index is 0.104. The summed E-state index contributed by atoms with van der Waals surface area (Å²) in [6, 6.07) is 5.79. The van der Waals surface area contributed by atoms with Crippen LogP contribution in [0.5, 0.6) is 0 Å². The standard InChI is InChI=1S/C28H38N4O7S2/c1-4-12-30(13-5-2)27(34)24-22-11-14-31(28(35)39-6-3)19-23(22)40-26(24)29-25(33)20-7-9-21(10-8-20)41(36,37)32-15-17-38-18-16-32/h7-10H,4-6,11-19H2,1-3H3,(H,29,33). The van der Waals surface area contributed by atoms with E-state index in [1.165, 1.54) is 39.9 Å². The van der Waals surface area contributed by atoms with Crippen molar-refractivity contribution < 1.29 is 32.3 Å². The van der Waals surface area contributed by atoms with Crippen molar-refractivity contribution in [3.63, 3.8) is 0 Å². The monoisotopic (exact) mass is 606 g/mol. The Morgan fingerprint density at radius 2 is 1.68 bits per heavy atom. The first-order chi connectivity index (χ1) is 19.7. The van der Waals surface area contributed by atoms with Gasteiger partial charge < -0.3 is 24.6 Å². The highest BCUT2D eigenvalue weighted by molar-refractivity contribution is 7.89. The van der Waals surface area contributed by atoms with Gasteiger partial charge in [-0.1, -0.05) is 13.8 Å². The summed E-state index contributed by atoms with van der Waals surface area (Å²) >= 11 is 1.29. The van der Waals surface area contributed by atoms with E-state index in [2.05, 4.69) is 5.32 Å². The molecule has 1 aromatic carbocycles. The highest BCUT2D eigenvalue weighted by Crippen LogP contribution is 2.38. The molecular weight excluding hydrogens is 568 g/mol. The van der Waals surface area contributed by atoms with E-state index in [1.807, 2.05) is 13.8 Å². The average molecular weight is 607 g/mol. The number of rotatable bonds is 10. The highest BCUT2D eigenvalue weighted by atomic mass is 32.2. The van der Waals surface area contributed by atoms with Gasteiger partial charge in [-0.2, -0.15) is 4.31 Å². The van der Waals surface area contributed by atoms with Crippen molar-refractivity contribution in [3.05, 3.63) is 45.8 Å². The number of ether oxygens (including phenoxy) is 2. The molecule has 1 aromatic heterocycles. The van der Waals surface area contributed by atoms with Crippen LogP contribution >= 0.6 is 11.3 Å². The third kappa shape index (κ3) is 6.91. The number of hydrogen-bond donors (Lipinski definition) is 1. The van der Waals surface area contributed by atoms with Crippen molar-refractivity contribution >= 4 is 44.3 Å². The average Bonchev–Trinajstić information content (AvgIpc) is 3.34. The van der Waals surface area contributed by atoms with Crippen molar-refractivity contribution in [2.75, 3.05) is 57.9 Å². The lowest BCUT2D eigenvalue weighted by molar-refractivity contribution is 0.0730. The SMILES string of the molecule is CCCN(CCC)C(=O)c1c(NC(=O)c2ccc(S(=O)(=O)N3CCOCC3)cc2)sc2c1CCN(C(=O)OCC)C2. The number of benzene rings is 1. The summed E-state index contributed by atoms with van der Waals surface area (Å²) in [4.78, 5) is 43.9. The molecule has 0 aliphatic carbocycles. The fourth-order valence-electron chi connectivity index (χ4n) is 4.99. The number of carbonyl (C=O) groups is 3. The van der Waals surface area contributed by atoms with Crippen molar-refractivity contribution in [1.82, 2.24) is 14.1 Å². The van der Waals surface area contributed by atoms with E-state index >= 15 is 0 Å². The lowest BCUT2D eigenvalue weighted by Crippen LogP contribution is -2.40. The van der Waals surface area contributed by atoms with Crippen LogP contribution in [0, 0.1) is 0 Å². The number of anilines is 1. The Bertz CT molecular complexity index is 1350. The molecule has 3 heterocycles. The number of amides is 3. The lowest BCUT2D eigenvalue weighted by Gasteiger charge is -2.27. The van der Waals surface area contributed by atoms with Crippen molar-refractivity contribution in [2.45, 2.75) is 51.5 Å². The van der Waals surface area contributed by atoms with Crippen LogP contribution in [-0.2, 0) is 32.5 Å². The number of nitrogens with zero attached hydrogens (tertiary/aromatic N) is 3. The van der Waals surface area contributed by atoms with Gasteiger partial charge in [-0.25, -0.2) is 13.2 Å². The molecule has 0 bridgehead atoms. The Balaban J connectivity index is 1.61. The molecule has 1 fully saturated rings. The molecule has 0 spiro atoms. The van der Waals surface area contributed by atoms with Gasteiger partial charge in [0, 0.05) is 43.2 Å². The fourth-order valence-corrected chi connectivity index (χ4v) is 7.65. The van der Waals surface area contributed by atoms with Gasteiger partial charge in [0.2, 0.25) is 10.0 Å². The van der Waals surface area contributed by atoms with E-state index in [0.29, 0.717) is 56.4 Å². The predicted molar refractivity (Wildman–Crippen MR) is 156 cm³/mol. The van der Waals surface area contributed by atoms with Crippen LogP contribution in [0.2, 0.25) is 0 Å². The van der Waals surface area contributed by atoms with Crippen LogP contribution in [0.3, 0.4) is 0 Å². The maximum atomic E-state index is 13.8. The molecule has 224 valence electrons. The van der Waals surface area contributed by atoms with Gasteiger partial charge in [0.05, 0.1) is 36.8 Å². The molecule has 3 amide bonds. The Morgan fingerprint density at radius 1 is 1.02 bits per heavy atom. The summed E-state index contributed by atoms with van der Waals surface area (Å²) < 4.78 is 37.7. The normalized spacial score (nSPS) is 15.7. The molecule has 41 heavy (non-hydrogen) atoms. The van der Waals surface area contributed by atoms with E-state index in [0.717, 1.165) is 23.3 Å². The largest absolute Gasteiger partial charge is 0.450 e. The summed E-state index contributed by atoms with van der Waals surface area (Å²) in [5, 5.41) is 3.34. The number of fused-ring (bicyclic) bond motifs is 1. The van der Waals surface area contributed by atoms with Crippen molar-refractivity contribution in [1.29, 1.82) is 0 Å². The van der Waals surface area contributed by atoms with Crippen LogP contribution in [0.15, 0.2) is 29.2 Å². The van der Waals surface area contributed by atoms with Crippen molar-refractivity contribution in [2.24, 2.45) is 0 Å². The molecule has 0 atom stereocenters. The zero-order chi connectivity index (χ0) is 29.6. The lowest BCUT2D eigenvalue weighted by atomic mass is 10.0. The molecule has 11 nitrogen and oxygen atoms in total. The number of carbonyl (C=O) groups excluding carboxylic acids is 3. The Morgan fingerprint density at radius 3 is 2.29 bits per heavy atom. The molecule has 2 aliphatic rings. The first kappa shape index (κ1) is 30.9. The van der Waals surface area contributed by atoms with Crippen molar-refractivity contribution in [3.8, 4) is 0 Å². The number of hydrogen-bond acceptors (Lipinski definition) is 8. The van der Waals surface area contributed by atoms with Gasteiger partial charge in [0.25, 0.3) is 11.8 Å². The highest BCUT2D eigenvalue weighted by Gasteiger charge is 2.33. The predicted octanol–water partition coefficient (Wildman–Crippen LogP) is 3.80. The molecular formula is C28H38N4O7S2. The van der Waals surface area contributed by atoms with Crippen LogP contribution in [0.4, 0.5) is 9.80 Å². The number of morpholine rings is 1. The van der Waals surface area contributed by atoms with Gasteiger partial charge in [-0.3, -0.25) is 9.59 Å². The van der Waals surface area contributed by atoms with Gasteiger partial charge >= 0.3 is 6.09 Å². The molecule has 1 N–H and O–H groups in total. The van der Waals surface area contributed by atoms with E-state index in [9.17, 15) is 22.8 Å². The van der Waals surface area contributed by atoms with Crippen LogP contribution < -0.4 is 5.32 Å². The van der Waals surface area contributed by atoms with Gasteiger partial charge in [-0.05, 0) is 56.0 Å². The number of nitrogens with one attached hydrogen (secondary N) is 1. The van der Waals surface area contributed by atoms with Gasteiger partial charge in [0.15, 0.2) is 0 Å². The molecule has 0 saturated carbocycles. The maximum Gasteiger partial charge on any atom is 0.410 e. The van der Waals surface area contributed by atoms with E-state index in [4.69, 9.17) is 9.47 Å². The first-order valence-corrected chi connectivity index (χ1v) is 16.3. The quantitative estimate of drug-likeness (QED) is 0.436. The minimum Gasteiger partial charge on any atom is -0.450 e. The van der Waals surface area contributed by atoms with E-state index < -0.39 is 22.0 Å². The zero-order valence-corrected chi connectivity index (χ0v) is 25.4. The second-order valence-electron chi connectivity index (χ2n) is 9.87. The molecule has 0 radical (unpaired) electrons. The molecule has 13 heteroatoms. The smallest absolute Gasteiger partial charge is 0.410 e. The summed E-state index contributed by atoms with van der Waals surface area (Å²) in [5.74, 6) is -0.592. The van der Waals surface area contributed by atoms with Gasteiger partial charge in [0.1, 0.15) is 5.00 Å². The number of sulfonamides is 1. The Kier molecular flexibility index (Phi) is 10.4. The van der Waals surface area contributed by atoms with Gasteiger partial charge in [-0.15, -0.1) is 11.3 Å². The molecule has 1 saturated heterocycles. The van der Waals surface area contributed by atoms with Crippen LogP contribution in [0.1, 0.15) is 64.8 Å². The maximum absolute atomic E-state index is 13.8. The summed E-state index contributed by atoms with van der Waals surface area (Å²) in [7, 11) is -3.69. The summed E-state index contributed by atoms with van der Waals surface area (Å²) in [6.45, 7) is 9.21. The Labute approximate surface area is 245 Å². The number of thiophene rings is 1. The Hall–Kier alpha value is -3.00. The minimum atomic E-state index is -3.69. The summed E-state index contributed by atoms with van der Waals surface area (Å²) in [6.07, 6.45) is 1.67. The topological polar surface area (TPSA) is 126 Å². The second kappa shape index (κ2) is 13.8. The zero-order valence-electron chi connectivity index (χ0n) is 23.8. The fraction of sp³-hybridized carbons (Fsp3) is 0.536. The van der Waals surface area contributed by atoms with E-state index in [1.54, 1.807) is 16.7 Å². The van der Waals surface area contributed by atoms with Crippen LogP contribution in [-0.4, -0.2) is 93.0 Å². The molecule has 0 unspecified atom stereocenters. The third-order valence-electron chi connectivity index (χ3n) is 7.02. The van der Waals surface area contributed by atoms with E-state index in [-0.39, 0.29) is 36.1 Å². The molecule has 2 aromatic rings. The summed E-state index contributed by atoms with van der Waals surface area (Å²) in [5.41, 5.74) is 1.58. The van der Waals surface area contributed by atoms with Crippen LogP contribution in [0.25, 0.3) is 0 Å². The second-order valence-corrected chi connectivity index (χ2v) is 12.9. The third-order valence-corrected chi connectivity index (χ3v) is 10.1.